The summed E-state index contributed by atoms with van der Waals surface area (Å²) in [6, 6.07) is 4.67. The van der Waals surface area contributed by atoms with E-state index in [1.54, 1.807) is 19.1 Å². The molecule has 2 unspecified atom stereocenters. The topological polar surface area (TPSA) is 71.4 Å². The Balaban J connectivity index is 2.38. The van der Waals surface area contributed by atoms with Gasteiger partial charge in [0.1, 0.15) is 0 Å². The quantitative estimate of drug-likeness (QED) is 0.926. The smallest absolute Gasteiger partial charge is 0.306 e. The zero-order valence-electron chi connectivity index (χ0n) is 9.76. The van der Waals surface area contributed by atoms with Crippen LogP contribution >= 0.6 is 11.6 Å². The van der Waals surface area contributed by atoms with E-state index in [0.717, 1.165) is 0 Å². The van der Waals surface area contributed by atoms with E-state index in [0.29, 0.717) is 17.0 Å². The molecule has 0 spiro atoms. The maximum atomic E-state index is 11.9. The van der Waals surface area contributed by atoms with E-state index < -0.39 is 21.7 Å². The van der Waals surface area contributed by atoms with Crippen molar-refractivity contribution in [2.45, 2.75) is 24.2 Å². The predicted octanol–water partition coefficient (Wildman–Crippen LogP) is 2.32. The lowest BCUT2D eigenvalue weighted by atomic mass is 9.91. The van der Waals surface area contributed by atoms with Crippen LogP contribution in [0.15, 0.2) is 23.1 Å². The average Bonchev–Trinajstić information content (AvgIpc) is 2.50. The van der Waals surface area contributed by atoms with E-state index in [1.807, 2.05) is 0 Å². The molecule has 4 nitrogen and oxygen atoms in total. The van der Waals surface area contributed by atoms with Crippen LogP contribution in [0.5, 0.6) is 0 Å². The van der Waals surface area contributed by atoms with Crippen molar-refractivity contribution in [3.8, 4) is 0 Å². The Kier molecular flexibility index (Phi) is 3.38. The predicted molar refractivity (Wildman–Crippen MR) is 67.7 cm³/mol. The maximum Gasteiger partial charge on any atom is 0.306 e. The molecule has 0 amide bonds. The zero-order chi connectivity index (χ0) is 13.5. The van der Waals surface area contributed by atoms with Crippen LogP contribution in [0.1, 0.15) is 24.8 Å². The Morgan fingerprint density at radius 2 is 2.22 bits per heavy atom. The molecule has 6 heteroatoms. The number of fused-ring (bicyclic) bond motifs is 1. The molecule has 0 fully saturated rings. The number of hydrogen-bond donors (Lipinski definition) is 1. The Labute approximate surface area is 110 Å². The Morgan fingerprint density at radius 1 is 1.56 bits per heavy atom. The number of carboxylic acid groups (broad SMARTS) is 1. The van der Waals surface area contributed by atoms with E-state index in [2.05, 4.69) is 0 Å². The molecule has 2 atom stereocenters. The van der Waals surface area contributed by atoms with Crippen molar-refractivity contribution < 1.29 is 18.3 Å². The summed E-state index contributed by atoms with van der Waals surface area (Å²) in [6.45, 7) is 1.58. The fraction of sp³-hybridized carbons (Fsp3) is 0.417. The van der Waals surface area contributed by atoms with Gasteiger partial charge in [-0.05, 0) is 30.2 Å². The molecule has 1 aliphatic rings. The fourth-order valence-electron chi connectivity index (χ4n) is 2.29. The van der Waals surface area contributed by atoms with Crippen LogP contribution in [-0.4, -0.2) is 25.2 Å². The Hall–Kier alpha value is -1.07. The van der Waals surface area contributed by atoms with Gasteiger partial charge in [-0.25, -0.2) is 8.42 Å². The highest BCUT2D eigenvalue weighted by molar-refractivity contribution is 7.91. The van der Waals surface area contributed by atoms with Crippen molar-refractivity contribution in [3.05, 3.63) is 28.8 Å². The molecule has 1 aromatic carbocycles. The molecule has 2 rings (SSSR count). The molecule has 0 bridgehead atoms. The normalized spacial score (nSPS) is 22.4. The van der Waals surface area contributed by atoms with Crippen molar-refractivity contribution in [1.29, 1.82) is 0 Å². The van der Waals surface area contributed by atoms with Crippen LogP contribution in [0, 0.1) is 5.92 Å². The minimum absolute atomic E-state index is 0.0275. The summed E-state index contributed by atoms with van der Waals surface area (Å²) in [6.07, 6.45) is 0.307. The first-order chi connectivity index (χ1) is 8.31. The van der Waals surface area contributed by atoms with Gasteiger partial charge in [0, 0.05) is 10.9 Å². The van der Waals surface area contributed by atoms with Crippen LogP contribution in [0.25, 0.3) is 0 Å². The van der Waals surface area contributed by atoms with Gasteiger partial charge in [0.2, 0.25) is 0 Å². The van der Waals surface area contributed by atoms with Crippen LogP contribution in [0.3, 0.4) is 0 Å². The third kappa shape index (κ3) is 2.37. The van der Waals surface area contributed by atoms with Gasteiger partial charge in [0.15, 0.2) is 9.84 Å². The lowest BCUT2D eigenvalue weighted by Gasteiger charge is -2.13. The number of aliphatic carboxylic acids is 1. The second-order valence-electron chi connectivity index (χ2n) is 4.64. The summed E-state index contributed by atoms with van der Waals surface area (Å²) in [5, 5.41) is 9.37. The minimum atomic E-state index is -3.29. The molecule has 0 aliphatic carbocycles. The molecule has 1 aliphatic heterocycles. The van der Waals surface area contributed by atoms with Crippen molar-refractivity contribution in [2.24, 2.45) is 5.92 Å². The van der Waals surface area contributed by atoms with Crippen LogP contribution in [0.4, 0.5) is 0 Å². The highest BCUT2D eigenvalue weighted by Crippen LogP contribution is 2.39. The van der Waals surface area contributed by atoms with Crippen LogP contribution < -0.4 is 0 Å². The summed E-state index contributed by atoms with van der Waals surface area (Å²) in [5.41, 5.74) is 0.649. The van der Waals surface area contributed by atoms with Crippen LogP contribution in [0.2, 0.25) is 5.02 Å². The molecule has 0 saturated heterocycles. The second kappa shape index (κ2) is 4.55. The number of carboxylic acids is 1. The highest BCUT2D eigenvalue weighted by atomic mass is 35.5. The molecule has 1 heterocycles. The first kappa shape index (κ1) is 13.4. The minimum Gasteiger partial charge on any atom is -0.481 e. The van der Waals surface area contributed by atoms with Crippen molar-refractivity contribution in [2.75, 3.05) is 5.75 Å². The summed E-state index contributed by atoms with van der Waals surface area (Å²) < 4.78 is 23.9. The van der Waals surface area contributed by atoms with E-state index in [9.17, 15) is 13.2 Å². The molecule has 0 aromatic heterocycles. The molecular weight excluding hydrogens is 276 g/mol. The summed E-state index contributed by atoms with van der Waals surface area (Å²) in [7, 11) is -3.29. The fourth-order valence-corrected chi connectivity index (χ4v) is 4.35. The van der Waals surface area contributed by atoms with Crippen molar-refractivity contribution in [1.82, 2.24) is 0 Å². The van der Waals surface area contributed by atoms with E-state index in [-0.39, 0.29) is 16.6 Å². The second-order valence-corrected chi connectivity index (χ2v) is 7.07. The molecular formula is C12H13ClO4S. The first-order valence-electron chi connectivity index (χ1n) is 5.56. The summed E-state index contributed by atoms with van der Waals surface area (Å²) in [5.74, 6) is -1.80. The van der Waals surface area contributed by atoms with E-state index in [1.165, 1.54) is 6.07 Å². The number of halogens is 1. The molecule has 1 N–H and O–H groups in total. The van der Waals surface area contributed by atoms with Gasteiger partial charge in [0.25, 0.3) is 0 Å². The maximum absolute atomic E-state index is 11.9. The van der Waals surface area contributed by atoms with Gasteiger partial charge in [-0.1, -0.05) is 18.5 Å². The average molecular weight is 289 g/mol. The zero-order valence-corrected chi connectivity index (χ0v) is 11.3. The number of hydrogen-bond acceptors (Lipinski definition) is 3. The van der Waals surface area contributed by atoms with Gasteiger partial charge in [0.05, 0.1) is 16.6 Å². The summed E-state index contributed by atoms with van der Waals surface area (Å²) in [4.78, 5) is 11.1. The summed E-state index contributed by atoms with van der Waals surface area (Å²) >= 11 is 5.87. The van der Waals surface area contributed by atoms with Crippen molar-refractivity contribution >= 4 is 27.4 Å². The Bertz CT molecular complexity index is 594. The number of sulfone groups is 1. The van der Waals surface area contributed by atoms with Gasteiger partial charge < -0.3 is 5.11 Å². The third-order valence-corrected chi connectivity index (χ3v) is 5.35. The monoisotopic (exact) mass is 288 g/mol. The van der Waals surface area contributed by atoms with Gasteiger partial charge in [-0.3, -0.25) is 4.79 Å². The highest BCUT2D eigenvalue weighted by Gasteiger charge is 2.36. The van der Waals surface area contributed by atoms with Gasteiger partial charge in [-0.2, -0.15) is 0 Å². The van der Waals surface area contributed by atoms with Crippen LogP contribution in [-0.2, 0) is 14.6 Å². The number of rotatable bonds is 3. The third-order valence-electron chi connectivity index (χ3n) is 3.23. The lowest BCUT2D eigenvalue weighted by Crippen LogP contribution is -2.15. The standard InChI is InChI=1S/C12H13ClO4S/c1-7(12(14)15)4-8-6-18(16,17)11-3-2-9(13)5-10(8)11/h2-3,5,7-8H,4,6H2,1H3,(H,14,15). The molecule has 1 aromatic rings. The van der Waals surface area contributed by atoms with E-state index >= 15 is 0 Å². The molecule has 0 radical (unpaired) electrons. The largest absolute Gasteiger partial charge is 0.481 e. The van der Waals surface area contributed by atoms with E-state index in [4.69, 9.17) is 16.7 Å². The number of carbonyl (C=O) groups is 1. The molecule has 18 heavy (non-hydrogen) atoms. The molecule has 98 valence electrons. The van der Waals surface area contributed by atoms with Crippen molar-refractivity contribution in [3.63, 3.8) is 0 Å². The molecule has 0 saturated carbocycles. The lowest BCUT2D eigenvalue weighted by molar-refractivity contribution is -0.141. The first-order valence-corrected chi connectivity index (χ1v) is 7.59. The SMILES string of the molecule is CC(CC1CS(=O)(=O)c2ccc(Cl)cc21)C(=O)O. The van der Waals surface area contributed by atoms with Gasteiger partial charge >= 0.3 is 5.97 Å². The van der Waals surface area contributed by atoms with Gasteiger partial charge in [-0.15, -0.1) is 0 Å². The number of benzene rings is 1. The Morgan fingerprint density at radius 3 is 2.83 bits per heavy atom.